The Bertz CT molecular complexity index is 798. The number of esters is 2. The van der Waals surface area contributed by atoms with Gasteiger partial charge in [0.05, 0.1) is 0 Å². The summed E-state index contributed by atoms with van der Waals surface area (Å²) in [7, 11) is -2.73. The number of alkyl halides is 3. The molecule has 30 heavy (non-hydrogen) atoms. The van der Waals surface area contributed by atoms with Crippen molar-refractivity contribution >= 4 is 37.1 Å². The number of carbonyl (C=O) groups excluding carboxylic acids is 2. The molecule has 0 aliphatic carbocycles. The van der Waals surface area contributed by atoms with E-state index in [2.05, 4.69) is 9.72 Å². The van der Waals surface area contributed by atoms with Gasteiger partial charge in [0.2, 0.25) is 0 Å². The molecule has 0 unspecified atom stereocenters. The van der Waals surface area contributed by atoms with Gasteiger partial charge in [0.25, 0.3) is 0 Å². The van der Waals surface area contributed by atoms with Crippen LogP contribution in [0.15, 0.2) is 42.5 Å². The Morgan fingerprint density at radius 2 is 1.33 bits per heavy atom. The number of rotatable bonds is 2. The van der Waals surface area contributed by atoms with Crippen molar-refractivity contribution in [2.45, 2.75) is 26.9 Å². The van der Waals surface area contributed by atoms with Crippen molar-refractivity contribution in [1.82, 2.24) is 4.98 Å². The molecule has 0 radical (unpaired) electrons. The Kier molecular flexibility index (Phi) is 11.6. The predicted octanol–water partition coefficient (Wildman–Crippen LogP) is -0.617. The van der Waals surface area contributed by atoms with Gasteiger partial charge in [-0.25, -0.2) is 4.79 Å². The molecule has 0 aliphatic heterocycles. The van der Waals surface area contributed by atoms with Crippen molar-refractivity contribution in [3.63, 3.8) is 0 Å². The van der Waals surface area contributed by atoms with E-state index in [-0.39, 0.29) is 0 Å². The van der Waals surface area contributed by atoms with Crippen LogP contribution in [-0.2, 0) is 14.3 Å². The molecule has 1 aromatic heterocycles. The highest BCUT2D eigenvalue weighted by molar-refractivity contribution is 6.58. The quantitative estimate of drug-likeness (QED) is 0.282. The molecule has 2 aromatic rings. The second kappa shape index (κ2) is 12.8. The Labute approximate surface area is 171 Å². The minimum absolute atomic E-state index is 0.495. The van der Waals surface area contributed by atoms with Gasteiger partial charge in [-0.1, -0.05) is 30.3 Å². The van der Waals surface area contributed by atoms with Gasteiger partial charge < -0.3 is 24.8 Å². The lowest BCUT2D eigenvalue weighted by Crippen LogP contribution is -2.30. The zero-order chi connectivity index (χ0) is 23.5. The highest BCUT2D eigenvalue weighted by Crippen LogP contribution is 2.16. The zero-order valence-corrected chi connectivity index (χ0v) is 16.3. The van der Waals surface area contributed by atoms with Gasteiger partial charge in [-0.05, 0) is 36.9 Å². The molecule has 0 fully saturated rings. The SMILES string of the molecule is CC(=O)OC(=O)C(F)(F)F.Cc1cc(B(O)O)cc(C)n1.OB(O)c1ccccc1. The maximum Gasteiger partial charge on any atom is 0.491 e. The van der Waals surface area contributed by atoms with Crippen LogP contribution in [0.5, 0.6) is 0 Å². The first-order chi connectivity index (χ1) is 13.7. The standard InChI is InChI=1S/C7H10BNO2.C6H7BO2.C4H3F3O3/c1-5-3-7(8(10)11)4-6(2)9-5;8-7(9)6-4-2-1-3-5-6;1-2(8)10-3(9)4(5,6)7/h3-4,10-11H,1-2H3;1-5,8-9H;1H3. The van der Waals surface area contributed by atoms with Crippen LogP contribution in [-0.4, -0.2) is 57.4 Å². The Morgan fingerprint density at radius 1 is 0.900 bits per heavy atom. The lowest BCUT2D eigenvalue weighted by molar-refractivity contribution is -0.201. The van der Waals surface area contributed by atoms with E-state index in [0.717, 1.165) is 11.4 Å². The van der Waals surface area contributed by atoms with Gasteiger partial charge in [0, 0.05) is 18.3 Å². The van der Waals surface area contributed by atoms with Crippen LogP contribution in [0.4, 0.5) is 13.2 Å². The van der Waals surface area contributed by atoms with E-state index < -0.39 is 32.4 Å². The number of benzene rings is 1. The van der Waals surface area contributed by atoms with Crippen molar-refractivity contribution in [2.24, 2.45) is 0 Å². The first-order valence-corrected chi connectivity index (χ1v) is 8.26. The van der Waals surface area contributed by atoms with E-state index in [9.17, 15) is 22.8 Å². The first-order valence-electron chi connectivity index (χ1n) is 8.26. The minimum Gasteiger partial charge on any atom is -0.423 e. The lowest BCUT2D eigenvalue weighted by Gasteiger charge is -2.01. The van der Waals surface area contributed by atoms with Crippen LogP contribution < -0.4 is 10.9 Å². The van der Waals surface area contributed by atoms with Crippen LogP contribution >= 0.6 is 0 Å². The number of aryl methyl sites for hydroxylation is 2. The van der Waals surface area contributed by atoms with Crippen LogP contribution in [0.25, 0.3) is 0 Å². The summed E-state index contributed by atoms with van der Waals surface area (Å²) in [4.78, 5) is 23.6. The van der Waals surface area contributed by atoms with E-state index in [1.54, 1.807) is 36.4 Å². The highest BCUT2D eigenvalue weighted by atomic mass is 19.4. The van der Waals surface area contributed by atoms with E-state index in [1.807, 2.05) is 19.9 Å². The maximum atomic E-state index is 11.2. The van der Waals surface area contributed by atoms with Crippen molar-refractivity contribution in [3.8, 4) is 0 Å². The van der Waals surface area contributed by atoms with Crippen LogP contribution in [0.1, 0.15) is 18.3 Å². The second-order valence-corrected chi connectivity index (χ2v) is 5.72. The van der Waals surface area contributed by atoms with Crippen molar-refractivity contribution in [3.05, 3.63) is 53.9 Å². The number of ether oxygens (including phenoxy) is 1. The molecule has 2 rings (SSSR count). The monoisotopic (exact) mass is 429 g/mol. The summed E-state index contributed by atoms with van der Waals surface area (Å²) in [6, 6.07) is 12.0. The molecular formula is C17H20B2F3NO7. The molecule has 8 nitrogen and oxygen atoms in total. The molecule has 0 spiro atoms. The number of hydrogen-bond acceptors (Lipinski definition) is 8. The molecule has 0 bridgehead atoms. The number of nitrogens with zero attached hydrogens (tertiary/aromatic N) is 1. The Hall–Kier alpha value is -2.73. The summed E-state index contributed by atoms with van der Waals surface area (Å²) in [5, 5.41) is 34.8. The number of carbonyl (C=O) groups is 2. The highest BCUT2D eigenvalue weighted by Gasteiger charge is 2.41. The average Bonchev–Trinajstić information content (AvgIpc) is 2.61. The van der Waals surface area contributed by atoms with Gasteiger partial charge in [-0.2, -0.15) is 13.2 Å². The van der Waals surface area contributed by atoms with Gasteiger partial charge in [0.15, 0.2) is 0 Å². The number of pyridine rings is 1. The second-order valence-electron chi connectivity index (χ2n) is 5.72. The Balaban J connectivity index is 0.000000423. The van der Waals surface area contributed by atoms with Crippen LogP contribution in [0.2, 0.25) is 0 Å². The topological polar surface area (TPSA) is 137 Å². The first kappa shape index (κ1) is 27.3. The molecule has 0 aliphatic rings. The third-order valence-corrected chi connectivity index (χ3v) is 2.97. The van der Waals surface area contributed by atoms with Crippen molar-refractivity contribution in [1.29, 1.82) is 0 Å². The van der Waals surface area contributed by atoms with E-state index in [0.29, 0.717) is 17.8 Å². The van der Waals surface area contributed by atoms with Gasteiger partial charge in [-0.3, -0.25) is 9.78 Å². The number of halogens is 3. The van der Waals surface area contributed by atoms with E-state index >= 15 is 0 Å². The minimum atomic E-state index is -5.09. The fourth-order valence-corrected chi connectivity index (χ4v) is 1.83. The normalized spacial score (nSPS) is 9.93. The fraction of sp³-hybridized carbons (Fsp3) is 0.235. The molecule has 162 valence electrons. The predicted molar refractivity (Wildman–Crippen MR) is 103 cm³/mol. The third kappa shape index (κ3) is 12.0. The molecule has 0 atom stereocenters. The van der Waals surface area contributed by atoms with Gasteiger partial charge >= 0.3 is 32.4 Å². The molecule has 0 saturated carbocycles. The lowest BCUT2D eigenvalue weighted by atomic mass is 9.80. The van der Waals surface area contributed by atoms with E-state index in [4.69, 9.17) is 20.1 Å². The number of aromatic nitrogens is 1. The van der Waals surface area contributed by atoms with Crippen LogP contribution in [0.3, 0.4) is 0 Å². The zero-order valence-electron chi connectivity index (χ0n) is 16.3. The summed E-state index contributed by atoms with van der Waals surface area (Å²) in [6.45, 7) is 4.35. The number of hydrogen-bond donors (Lipinski definition) is 4. The molecule has 0 amide bonds. The van der Waals surface area contributed by atoms with Crippen molar-refractivity contribution in [2.75, 3.05) is 0 Å². The molecular weight excluding hydrogens is 409 g/mol. The fourth-order valence-electron chi connectivity index (χ4n) is 1.83. The average molecular weight is 429 g/mol. The molecule has 1 heterocycles. The van der Waals surface area contributed by atoms with E-state index in [1.165, 1.54) is 0 Å². The summed E-state index contributed by atoms with van der Waals surface area (Å²) < 4.78 is 36.8. The summed E-state index contributed by atoms with van der Waals surface area (Å²) in [6.07, 6.45) is -5.09. The largest absolute Gasteiger partial charge is 0.491 e. The van der Waals surface area contributed by atoms with Gasteiger partial charge in [-0.15, -0.1) is 0 Å². The molecule has 13 heteroatoms. The summed E-state index contributed by atoms with van der Waals surface area (Å²) in [5.74, 6) is -3.76. The molecule has 4 N–H and O–H groups in total. The maximum absolute atomic E-state index is 11.2. The Morgan fingerprint density at radius 3 is 1.60 bits per heavy atom. The summed E-state index contributed by atoms with van der Waals surface area (Å²) in [5.41, 5.74) is 2.62. The smallest absolute Gasteiger partial charge is 0.423 e. The van der Waals surface area contributed by atoms with Crippen LogP contribution in [0, 0.1) is 13.8 Å². The summed E-state index contributed by atoms with van der Waals surface area (Å²) >= 11 is 0. The van der Waals surface area contributed by atoms with Crippen molar-refractivity contribution < 1.29 is 47.6 Å². The molecule has 1 aromatic carbocycles. The van der Waals surface area contributed by atoms with Gasteiger partial charge in [0.1, 0.15) is 0 Å². The molecule has 0 saturated heterocycles. The third-order valence-electron chi connectivity index (χ3n) is 2.97.